The molecule has 1 rings (SSSR count). The summed E-state index contributed by atoms with van der Waals surface area (Å²) in [4.78, 5) is 25.0. The molecule has 0 bridgehead atoms. The number of aromatic hydroxyl groups is 1. The summed E-state index contributed by atoms with van der Waals surface area (Å²) in [5, 5.41) is 18.6. The van der Waals surface area contributed by atoms with Crippen LogP contribution in [0.15, 0.2) is 18.2 Å². The molecule has 0 aromatic heterocycles. The predicted molar refractivity (Wildman–Crippen MR) is 71.3 cm³/mol. The number of rotatable bonds is 4. The molecule has 0 fully saturated rings. The second kappa shape index (κ2) is 5.30. The van der Waals surface area contributed by atoms with Gasteiger partial charge in [-0.3, -0.25) is 4.79 Å². The predicted octanol–water partition coefficient (Wildman–Crippen LogP) is 2.03. The maximum atomic E-state index is 12.4. The average molecular weight is 265 g/mol. The Hall–Kier alpha value is -2.04. The summed E-state index contributed by atoms with van der Waals surface area (Å²) in [6, 6.07) is 4.41. The van der Waals surface area contributed by atoms with Gasteiger partial charge in [-0.25, -0.2) is 4.79 Å². The summed E-state index contributed by atoms with van der Waals surface area (Å²) in [7, 11) is 0. The second-order valence-corrected chi connectivity index (χ2v) is 4.91. The summed E-state index contributed by atoms with van der Waals surface area (Å²) in [5.41, 5.74) is -0.269. The minimum Gasteiger partial charge on any atom is -0.508 e. The van der Waals surface area contributed by atoms with Crippen LogP contribution >= 0.6 is 0 Å². The highest BCUT2D eigenvalue weighted by Gasteiger charge is 2.37. The van der Waals surface area contributed by atoms with Gasteiger partial charge in [-0.15, -0.1) is 0 Å². The summed E-state index contributed by atoms with van der Waals surface area (Å²) in [6.45, 7) is 6.71. The van der Waals surface area contributed by atoms with Crippen molar-refractivity contribution in [2.75, 3.05) is 6.54 Å². The van der Waals surface area contributed by atoms with Gasteiger partial charge in [0.15, 0.2) is 0 Å². The highest BCUT2D eigenvalue weighted by Crippen LogP contribution is 2.22. The highest BCUT2D eigenvalue weighted by molar-refractivity contribution is 5.98. The topological polar surface area (TPSA) is 77.8 Å². The van der Waals surface area contributed by atoms with Gasteiger partial charge in [-0.1, -0.05) is 0 Å². The van der Waals surface area contributed by atoms with Crippen molar-refractivity contribution in [3.63, 3.8) is 0 Å². The number of carbonyl (C=O) groups is 2. The van der Waals surface area contributed by atoms with Gasteiger partial charge in [0, 0.05) is 12.1 Å². The molecule has 5 nitrogen and oxygen atoms in total. The molecule has 0 aliphatic rings. The van der Waals surface area contributed by atoms with Crippen molar-refractivity contribution in [1.82, 2.24) is 4.90 Å². The van der Waals surface area contributed by atoms with Gasteiger partial charge in [0.25, 0.3) is 5.91 Å². The lowest BCUT2D eigenvalue weighted by Crippen LogP contribution is -2.53. The fourth-order valence-electron chi connectivity index (χ4n) is 1.94. The number of likely N-dealkylation sites (N-methyl/N-ethyl adjacent to an activating group) is 1. The number of carbonyl (C=O) groups excluding carboxylic acids is 1. The maximum Gasteiger partial charge on any atom is 0.329 e. The molecule has 1 aromatic rings. The van der Waals surface area contributed by atoms with E-state index in [9.17, 15) is 19.8 Å². The summed E-state index contributed by atoms with van der Waals surface area (Å²) >= 11 is 0. The number of benzene rings is 1. The van der Waals surface area contributed by atoms with Crippen molar-refractivity contribution in [2.45, 2.75) is 33.2 Å². The fourth-order valence-corrected chi connectivity index (χ4v) is 1.94. The van der Waals surface area contributed by atoms with E-state index >= 15 is 0 Å². The third-order valence-electron chi connectivity index (χ3n) is 3.20. The van der Waals surface area contributed by atoms with Crippen LogP contribution in [0, 0.1) is 6.92 Å². The molecule has 0 spiro atoms. The molecule has 0 saturated heterocycles. The molecule has 0 unspecified atom stereocenters. The lowest BCUT2D eigenvalue weighted by molar-refractivity contribution is -0.147. The van der Waals surface area contributed by atoms with Gasteiger partial charge in [0.05, 0.1) is 0 Å². The smallest absolute Gasteiger partial charge is 0.329 e. The van der Waals surface area contributed by atoms with E-state index in [1.807, 2.05) is 0 Å². The number of carboxylic acid groups (broad SMARTS) is 1. The number of hydrogen-bond acceptors (Lipinski definition) is 3. The molecule has 104 valence electrons. The molecular formula is C14H19NO4. The number of amides is 1. The molecule has 0 aliphatic carbocycles. The lowest BCUT2D eigenvalue weighted by atomic mass is 9.99. The molecular weight excluding hydrogens is 246 g/mol. The van der Waals surface area contributed by atoms with Crippen molar-refractivity contribution in [1.29, 1.82) is 0 Å². The van der Waals surface area contributed by atoms with Gasteiger partial charge in [0.2, 0.25) is 0 Å². The maximum absolute atomic E-state index is 12.4. The van der Waals surface area contributed by atoms with Crippen LogP contribution in [0.1, 0.15) is 36.7 Å². The molecule has 0 aliphatic heterocycles. The van der Waals surface area contributed by atoms with Crippen LogP contribution in [0.5, 0.6) is 5.75 Å². The van der Waals surface area contributed by atoms with Gasteiger partial charge in [-0.05, 0) is 51.5 Å². The molecule has 2 N–H and O–H groups in total. The van der Waals surface area contributed by atoms with E-state index in [1.54, 1.807) is 13.8 Å². The average Bonchev–Trinajstić information content (AvgIpc) is 2.28. The van der Waals surface area contributed by atoms with Crippen LogP contribution in [0.3, 0.4) is 0 Å². The Morgan fingerprint density at radius 3 is 2.32 bits per heavy atom. The molecule has 1 amide bonds. The van der Waals surface area contributed by atoms with E-state index in [0.29, 0.717) is 17.7 Å². The molecule has 19 heavy (non-hydrogen) atoms. The molecule has 0 saturated carbocycles. The van der Waals surface area contributed by atoms with E-state index in [0.717, 1.165) is 0 Å². The standard InChI is InChI=1S/C14H19NO4/c1-5-15(14(3,4)13(18)19)12(17)11-7-6-10(16)8-9(11)2/h6-8,16H,5H2,1-4H3,(H,18,19). The number of phenolic OH excluding ortho intramolecular Hbond substituents is 1. The Bertz CT molecular complexity index is 508. The Morgan fingerprint density at radius 1 is 1.32 bits per heavy atom. The van der Waals surface area contributed by atoms with Crippen molar-refractivity contribution < 1.29 is 19.8 Å². The van der Waals surface area contributed by atoms with E-state index in [-0.39, 0.29) is 11.7 Å². The van der Waals surface area contributed by atoms with Gasteiger partial charge >= 0.3 is 5.97 Å². The SMILES string of the molecule is CCN(C(=O)c1ccc(O)cc1C)C(C)(C)C(=O)O. The first kappa shape index (κ1) is 15.0. The molecule has 5 heteroatoms. The van der Waals surface area contributed by atoms with Gasteiger partial charge < -0.3 is 15.1 Å². The Balaban J connectivity index is 3.19. The van der Waals surface area contributed by atoms with Crippen LogP contribution in [0.25, 0.3) is 0 Å². The zero-order valence-corrected chi connectivity index (χ0v) is 11.6. The van der Waals surface area contributed by atoms with Crippen LogP contribution in [0.2, 0.25) is 0 Å². The van der Waals surface area contributed by atoms with Crippen molar-refractivity contribution >= 4 is 11.9 Å². The first-order chi connectivity index (χ1) is 8.71. The summed E-state index contributed by atoms with van der Waals surface area (Å²) in [6.07, 6.45) is 0. The summed E-state index contributed by atoms with van der Waals surface area (Å²) < 4.78 is 0. The van der Waals surface area contributed by atoms with Crippen LogP contribution < -0.4 is 0 Å². The first-order valence-corrected chi connectivity index (χ1v) is 6.06. The first-order valence-electron chi connectivity index (χ1n) is 6.06. The molecule has 0 atom stereocenters. The van der Waals surface area contributed by atoms with Gasteiger partial charge in [-0.2, -0.15) is 0 Å². The van der Waals surface area contributed by atoms with E-state index in [4.69, 9.17) is 0 Å². The molecule has 0 radical (unpaired) electrons. The normalized spacial score (nSPS) is 11.2. The van der Waals surface area contributed by atoms with Crippen molar-refractivity contribution in [3.8, 4) is 5.75 Å². The van der Waals surface area contributed by atoms with Crippen LogP contribution in [-0.2, 0) is 4.79 Å². The zero-order valence-electron chi connectivity index (χ0n) is 11.6. The monoisotopic (exact) mass is 265 g/mol. The third kappa shape index (κ3) is 2.86. The van der Waals surface area contributed by atoms with Crippen LogP contribution in [-0.4, -0.2) is 39.1 Å². The number of aryl methyl sites for hydroxylation is 1. The Kier molecular flexibility index (Phi) is 4.19. The lowest BCUT2D eigenvalue weighted by Gasteiger charge is -2.34. The fraction of sp³-hybridized carbons (Fsp3) is 0.429. The minimum atomic E-state index is -1.28. The number of phenols is 1. The van der Waals surface area contributed by atoms with E-state index < -0.39 is 11.5 Å². The van der Waals surface area contributed by atoms with Crippen molar-refractivity contribution in [3.05, 3.63) is 29.3 Å². The zero-order chi connectivity index (χ0) is 14.8. The number of aliphatic carboxylic acids is 1. The van der Waals surface area contributed by atoms with E-state index in [1.165, 1.54) is 36.9 Å². The third-order valence-corrected chi connectivity index (χ3v) is 3.20. The molecule has 1 aromatic carbocycles. The Labute approximate surface area is 112 Å². The quantitative estimate of drug-likeness (QED) is 0.873. The highest BCUT2D eigenvalue weighted by atomic mass is 16.4. The number of carboxylic acids is 1. The number of hydrogen-bond donors (Lipinski definition) is 2. The van der Waals surface area contributed by atoms with Crippen LogP contribution in [0.4, 0.5) is 0 Å². The van der Waals surface area contributed by atoms with Gasteiger partial charge in [0.1, 0.15) is 11.3 Å². The van der Waals surface area contributed by atoms with Crippen molar-refractivity contribution in [2.24, 2.45) is 0 Å². The van der Waals surface area contributed by atoms with E-state index in [2.05, 4.69) is 0 Å². The largest absolute Gasteiger partial charge is 0.508 e. The minimum absolute atomic E-state index is 0.0783. The second-order valence-electron chi connectivity index (χ2n) is 4.91. The Morgan fingerprint density at radius 2 is 1.89 bits per heavy atom. The number of nitrogens with zero attached hydrogens (tertiary/aromatic N) is 1. The molecule has 0 heterocycles. The summed E-state index contributed by atoms with van der Waals surface area (Å²) in [5.74, 6) is -1.33.